The van der Waals surface area contributed by atoms with Crippen LogP contribution in [-0.4, -0.2) is 33.6 Å². The van der Waals surface area contributed by atoms with Crippen LogP contribution in [0.15, 0.2) is 12.3 Å². The summed E-state index contributed by atoms with van der Waals surface area (Å²) in [4.78, 5) is 18.3. The number of pyridine rings is 1. The lowest BCUT2D eigenvalue weighted by Crippen LogP contribution is -2.50. The predicted octanol–water partition coefficient (Wildman–Crippen LogP) is 1.75. The summed E-state index contributed by atoms with van der Waals surface area (Å²) < 4.78 is 0. The number of hydroxylamine groups is 1. The zero-order valence-corrected chi connectivity index (χ0v) is 12.0. The van der Waals surface area contributed by atoms with E-state index in [9.17, 15) is 4.79 Å². The fourth-order valence-corrected chi connectivity index (χ4v) is 3.42. The summed E-state index contributed by atoms with van der Waals surface area (Å²) in [5, 5.41) is 8.70. The highest BCUT2D eigenvalue weighted by Gasteiger charge is 2.40. The van der Waals surface area contributed by atoms with Crippen molar-refractivity contribution in [3.8, 4) is 0 Å². The van der Waals surface area contributed by atoms with Crippen molar-refractivity contribution in [3.63, 3.8) is 0 Å². The molecule has 1 aliphatic heterocycles. The lowest BCUT2D eigenvalue weighted by molar-refractivity contribution is 0.0172. The Morgan fingerprint density at radius 2 is 2.25 bits per heavy atom. The first-order chi connectivity index (χ1) is 9.48. The van der Waals surface area contributed by atoms with E-state index in [1.807, 2.05) is 6.07 Å². The van der Waals surface area contributed by atoms with Gasteiger partial charge >= 0.3 is 0 Å². The normalized spacial score (nSPS) is 21.9. The van der Waals surface area contributed by atoms with Gasteiger partial charge in [0.1, 0.15) is 0 Å². The molecule has 0 bridgehead atoms. The molecule has 1 aliphatic carbocycles. The van der Waals surface area contributed by atoms with Crippen LogP contribution < -0.4 is 5.48 Å². The molecular formula is C15H21N3O2. The summed E-state index contributed by atoms with van der Waals surface area (Å²) >= 11 is 0. The fourth-order valence-electron chi connectivity index (χ4n) is 3.42. The first-order valence-corrected chi connectivity index (χ1v) is 7.15. The lowest BCUT2D eigenvalue weighted by atomic mass is 9.67. The predicted molar refractivity (Wildman–Crippen MR) is 74.4 cm³/mol. The molecule has 0 saturated heterocycles. The molecule has 0 spiro atoms. The summed E-state index contributed by atoms with van der Waals surface area (Å²) in [6.07, 6.45) is 4.96. The van der Waals surface area contributed by atoms with Crippen LogP contribution in [0.5, 0.6) is 0 Å². The van der Waals surface area contributed by atoms with Gasteiger partial charge in [0.05, 0.1) is 5.56 Å². The molecule has 1 amide bonds. The average molecular weight is 275 g/mol. The van der Waals surface area contributed by atoms with E-state index < -0.39 is 5.91 Å². The topological polar surface area (TPSA) is 65.5 Å². The number of rotatable bonds is 2. The van der Waals surface area contributed by atoms with Crippen molar-refractivity contribution in [1.29, 1.82) is 0 Å². The fraction of sp³-hybridized carbons (Fsp3) is 0.600. The van der Waals surface area contributed by atoms with Crippen molar-refractivity contribution < 1.29 is 10.0 Å². The van der Waals surface area contributed by atoms with E-state index in [0.29, 0.717) is 17.0 Å². The van der Waals surface area contributed by atoms with E-state index in [4.69, 9.17) is 5.21 Å². The number of carbonyl (C=O) groups excluding carboxylic acids is 1. The summed E-state index contributed by atoms with van der Waals surface area (Å²) in [5.74, 6) is -0.498. The Kier molecular flexibility index (Phi) is 3.26. The first-order valence-electron chi connectivity index (χ1n) is 7.15. The number of fused-ring (bicyclic) bond motifs is 1. The number of hydrogen-bond donors (Lipinski definition) is 2. The minimum absolute atomic E-state index is 0.419. The van der Waals surface area contributed by atoms with Crippen molar-refractivity contribution in [3.05, 3.63) is 29.1 Å². The number of aromatic nitrogens is 1. The Hall–Kier alpha value is -1.46. The molecule has 108 valence electrons. The molecule has 1 aromatic rings. The van der Waals surface area contributed by atoms with E-state index >= 15 is 0 Å². The Morgan fingerprint density at radius 3 is 2.90 bits per heavy atom. The quantitative estimate of drug-likeness (QED) is 0.637. The highest BCUT2D eigenvalue weighted by molar-refractivity contribution is 5.93. The standard InChI is InChI=1S/C15H21N3O2/c1-15(2)6-12(7-15)18-4-3-13-11(9-18)5-10(8-16-13)14(19)17-20/h5,8,12,20H,3-4,6-7,9H2,1-2H3,(H,17,19). The van der Waals surface area contributed by atoms with Crippen molar-refractivity contribution in [2.45, 2.75) is 45.7 Å². The maximum atomic E-state index is 11.5. The van der Waals surface area contributed by atoms with Gasteiger partial charge in [-0.25, -0.2) is 5.48 Å². The SMILES string of the molecule is CC1(C)CC(N2CCc3ncc(C(=O)NO)cc3C2)C1. The summed E-state index contributed by atoms with van der Waals surface area (Å²) in [6, 6.07) is 2.51. The summed E-state index contributed by atoms with van der Waals surface area (Å²) in [6.45, 7) is 6.53. The molecule has 1 fully saturated rings. The van der Waals surface area contributed by atoms with Gasteiger partial charge in [0.25, 0.3) is 5.91 Å². The number of amides is 1. The Labute approximate surface area is 119 Å². The second kappa shape index (κ2) is 4.82. The van der Waals surface area contributed by atoms with Crippen LogP contribution in [0.2, 0.25) is 0 Å². The lowest BCUT2D eigenvalue weighted by Gasteiger charge is -2.49. The van der Waals surface area contributed by atoms with Crippen LogP contribution >= 0.6 is 0 Å². The number of carbonyl (C=O) groups is 1. The highest BCUT2D eigenvalue weighted by atomic mass is 16.5. The average Bonchev–Trinajstić information content (AvgIpc) is 2.42. The van der Waals surface area contributed by atoms with Crippen LogP contribution in [0, 0.1) is 5.41 Å². The third-order valence-electron chi connectivity index (χ3n) is 4.53. The molecule has 1 saturated carbocycles. The number of nitrogens with one attached hydrogen (secondary N) is 1. The second-order valence-corrected chi connectivity index (χ2v) is 6.72. The van der Waals surface area contributed by atoms with E-state index in [1.165, 1.54) is 19.0 Å². The van der Waals surface area contributed by atoms with Gasteiger partial charge in [0, 0.05) is 37.4 Å². The Balaban J connectivity index is 1.75. The van der Waals surface area contributed by atoms with Gasteiger partial charge < -0.3 is 0 Å². The van der Waals surface area contributed by atoms with Crippen LogP contribution in [-0.2, 0) is 13.0 Å². The zero-order chi connectivity index (χ0) is 14.3. The highest BCUT2D eigenvalue weighted by Crippen LogP contribution is 2.43. The molecule has 0 unspecified atom stereocenters. The largest absolute Gasteiger partial charge is 0.296 e. The number of nitrogens with zero attached hydrogens (tertiary/aromatic N) is 2. The van der Waals surface area contributed by atoms with Crippen molar-refractivity contribution in [1.82, 2.24) is 15.4 Å². The molecule has 20 heavy (non-hydrogen) atoms. The van der Waals surface area contributed by atoms with Crippen LogP contribution in [0.25, 0.3) is 0 Å². The molecular weight excluding hydrogens is 254 g/mol. The molecule has 0 atom stereocenters. The van der Waals surface area contributed by atoms with E-state index in [2.05, 4.69) is 23.7 Å². The van der Waals surface area contributed by atoms with Crippen molar-refractivity contribution >= 4 is 5.91 Å². The molecule has 1 aromatic heterocycles. The summed E-state index contributed by atoms with van der Waals surface area (Å²) in [7, 11) is 0. The minimum atomic E-state index is -0.498. The van der Waals surface area contributed by atoms with Crippen LogP contribution in [0.3, 0.4) is 0 Å². The van der Waals surface area contributed by atoms with Gasteiger partial charge in [-0.15, -0.1) is 0 Å². The number of hydrogen-bond acceptors (Lipinski definition) is 4. The monoisotopic (exact) mass is 275 g/mol. The summed E-state index contributed by atoms with van der Waals surface area (Å²) in [5.41, 5.74) is 4.75. The molecule has 0 radical (unpaired) electrons. The van der Waals surface area contributed by atoms with Crippen LogP contribution in [0.4, 0.5) is 0 Å². The van der Waals surface area contributed by atoms with E-state index in [-0.39, 0.29) is 0 Å². The molecule has 2 heterocycles. The van der Waals surface area contributed by atoms with Crippen molar-refractivity contribution in [2.75, 3.05) is 6.54 Å². The van der Waals surface area contributed by atoms with Gasteiger partial charge in [-0.3, -0.25) is 19.9 Å². The Morgan fingerprint density at radius 1 is 1.50 bits per heavy atom. The Bertz CT molecular complexity index is 534. The van der Waals surface area contributed by atoms with Gasteiger partial charge in [-0.05, 0) is 29.9 Å². The van der Waals surface area contributed by atoms with Gasteiger partial charge in [-0.2, -0.15) is 0 Å². The molecule has 3 rings (SSSR count). The molecule has 0 aromatic carbocycles. The van der Waals surface area contributed by atoms with Crippen molar-refractivity contribution in [2.24, 2.45) is 5.41 Å². The maximum absolute atomic E-state index is 11.5. The third-order valence-corrected chi connectivity index (χ3v) is 4.53. The first kappa shape index (κ1) is 13.5. The van der Waals surface area contributed by atoms with Gasteiger partial charge in [-0.1, -0.05) is 13.8 Å². The smallest absolute Gasteiger partial charge is 0.276 e. The maximum Gasteiger partial charge on any atom is 0.276 e. The second-order valence-electron chi connectivity index (χ2n) is 6.72. The molecule has 2 N–H and O–H groups in total. The molecule has 5 nitrogen and oxygen atoms in total. The van der Waals surface area contributed by atoms with Gasteiger partial charge in [0.15, 0.2) is 0 Å². The van der Waals surface area contributed by atoms with E-state index in [0.717, 1.165) is 30.8 Å². The van der Waals surface area contributed by atoms with Gasteiger partial charge in [0.2, 0.25) is 0 Å². The minimum Gasteiger partial charge on any atom is -0.296 e. The molecule has 2 aliphatic rings. The van der Waals surface area contributed by atoms with E-state index in [1.54, 1.807) is 5.48 Å². The third kappa shape index (κ3) is 2.43. The molecule has 5 heteroatoms. The zero-order valence-electron chi connectivity index (χ0n) is 12.0. The van der Waals surface area contributed by atoms with Crippen LogP contribution in [0.1, 0.15) is 48.3 Å².